The minimum absolute atomic E-state index is 0.0859. The van der Waals surface area contributed by atoms with E-state index in [1.165, 1.54) is 16.6 Å². The fourth-order valence-corrected chi connectivity index (χ4v) is 4.40. The highest BCUT2D eigenvalue weighted by molar-refractivity contribution is 7.99. The number of aromatic nitrogens is 3. The van der Waals surface area contributed by atoms with Crippen molar-refractivity contribution in [1.82, 2.24) is 20.1 Å². The number of thiophene rings is 1. The number of aryl methyl sites for hydroxylation is 2. The number of benzene rings is 1. The summed E-state index contributed by atoms with van der Waals surface area (Å²) in [6.45, 7) is 1.12. The normalized spacial score (nSPS) is 11.0. The van der Waals surface area contributed by atoms with Crippen LogP contribution in [0.2, 0.25) is 5.02 Å². The summed E-state index contributed by atoms with van der Waals surface area (Å²) in [5, 5.41) is 14.5. The molecule has 1 N–H and O–H groups in total. The second kappa shape index (κ2) is 9.97. The number of carbonyl (C=O) groups is 1. The molecule has 1 aromatic carbocycles. The van der Waals surface area contributed by atoms with Crippen molar-refractivity contribution in [3.8, 4) is 11.3 Å². The topological polar surface area (TPSA) is 73.0 Å². The van der Waals surface area contributed by atoms with E-state index in [0.29, 0.717) is 17.3 Å². The van der Waals surface area contributed by atoms with E-state index in [0.717, 1.165) is 29.4 Å². The smallest absolute Gasteiger partial charge is 0.230 e. The molecule has 0 saturated heterocycles. The zero-order chi connectivity index (χ0) is 20.8. The van der Waals surface area contributed by atoms with Crippen LogP contribution in [0.5, 0.6) is 0 Å². The molecule has 0 aliphatic rings. The average Bonchev–Trinajstić information content (AvgIpc) is 3.52. The largest absolute Gasteiger partial charge is 0.459 e. The Morgan fingerprint density at radius 1 is 1.20 bits per heavy atom. The Hall–Kier alpha value is -2.55. The van der Waals surface area contributed by atoms with Gasteiger partial charge in [-0.05, 0) is 54.3 Å². The molecule has 0 bridgehead atoms. The molecule has 0 aliphatic heterocycles. The monoisotopic (exact) mass is 458 g/mol. The second-order valence-electron chi connectivity index (χ2n) is 6.47. The summed E-state index contributed by atoms with van der Waals surface area (Å²) in [5.74, 6) is 1.61. The summed E-state index contributed by atoms with van der Waals surface area (Å²) in [5.41, 5.74) is 0.939. The van der Waals surface area contributed by atoms with Crippen LogP contribution in [-0.4, -0.2) is 26.4 Å². The molecule has 0 atom stereocenters. The minimum atomic E-state index is -0.0859. The number of hydrogen-bond donors (Lipinski definition) is 1. The molecule has 0 saturated carbocycles. The van der Waals surface area contributed by atoms with Gasteiger partial charge in [-0.25, -0.2) is 0 Å². The van der Waals surface area contributed by atoms with Crippen LogP contribution in [0.3, 0.4) is 0 Å². The van der Waals surface area contributed by atoms with Gasteiger partial charge in [0.15, 0.2) is 5.16 Å². The van der Waals surface area contributed by atoms with Crippen molar-refractivity contribution < 1.29 is 9.21 Å². The van der Waals surface area contributed by atoms with E-state index in [1.54, 1.807) is 17.7 Å². The van der Waals surface area contributed by atoms with Gasteiger partial charge in [-0.2, -0.15) is 0 Å². The number of hydrogen-bond acceptors (Lipinski definition) is 6. The molecule has 0 aliphatic carbocycles. The Morgan fingerprint density at radius 3 is 2.87 bits per heavy atom. The molecule has 3 aromatic heterocycles. The SMILES string of the molecule is O=C(CSc1nncn1CCc1cccs1)NCc1ccc(-c2ccc(Cl)cc2)o1. The summed E-state index contributed by atoms with van der Waals surface area (Å²) in [7, 11) is 0. The summed E-state index contributed by atoms with van der Waals surface area (Å²) < 4.78 is 7.78. The molecule has 4 rings (SSSR count). The number of amides is 1. The van der Waals surface area contributed by atoms with Gasteiger partial charge < -0.3 is 14.3 Å². The van der Waals surface area contributed by atoms with Crippen molar-refractivity contribution in [2.24, 2.45) is 0 Å². The Kier molecular flexibility index (Phi) is 6.88. The van der Waals surface area contributed by atoms with E-state index in [-0.39, 0.29) is 11.7 Å². The standard InChI is InChI=1S/C21H19ClN4O2S2/c22-16-5-3-15(4-6-16)19-8-7-17(28-19)12-23-20(27)13-30-21-25-24-14-26(21)10-9-18-2-1-11-29-18/h1-8,11,14H,9-10,12-13H2,(H,23,27). The van der Waals surface area contributed by atoms with Crippen LogP contribution in [0.15, 0.2) is 69.8 Å². The van der Waals surface area contributed by atoms with Crippen molar-refractivity contribution in [3.63, 3.8) is 0 Å². The Balaban J connectivity index is 1.24. The van der Waals surface area contributed by atoms with Crippen molar-refractivity contribution in [2.75, 3.05) is 5.75 Å². The third-order valence-electron chi connectivity index (χ3n) is 4.34. The Morgan fingerprint density at radius 2 is 2.07 bits per heavy atom. The van der Waals surface area contributed by atoms with Gasteiger partial charge >= 0.3 is 0 Å². The summed E-state index contributed by atoms with van der Waals surface area (Å²) in [4.78, 5) is 13.6. The van der Waals surface area contributed by atoms with Crippen molar-refractivity contribution in [3.05, 3.63) is 75.9 Å². The van der Waals surface area contributed by atoms with Crippen molar-refractivity contribution in [1.29, 1.82) is 0 Å². The highest BCUT2D eigenvalue weighted by Gasteiger charge is 2.11. The number of carbonyl (C=O) groups excluding carboxylic acids is 1. The number of rotatable bonds is 9. The third kappa shape index (κ3) is 5.53. The summed E-state index contributed by atoms with van der Waals surface area (Å²) in [6, 6.07) is 15.3. The number of halogens is 1. The molecule has 0 unspecified atom stereocenters. The quantitative estimate of drug-likeness (QED) is 0.361. The highest BCUT2D eigenvalue weighted by Crippen LogP contribution is 2.24. The minimum Gasteiger partial charge on any atom is -0.459 e. The van der Waals surface area contributed by atoms with Gasteiger partial charge in [0, 0.05) is 22.0 Å². The van der Waals surface area contributed by atoms with Gasteiger partial charge in [0.25, 0.3) is 0 Å². The first-order chi connectivity index (χ1) is 14.7. The molecule has 4 aromatic rings. The van der Waals surface area contributed by atoms with Crippen molar-refractivity contribution >= 4 is 40.6 Å². The van der Waals surface area contributed by atoms with E-state index in [2.05, 4.69) is 27.0 Å². The lowest BCUT2D eigenvalue weighted by atomic mass is 10.2. The van der Waals surface area contributed by atoms with Crippen LogP contribution in [-0.2, 0) is 24.3 Å². The fourth-order valence-electron chi connectivity index (χ4n) is 2.80. The van der Waals surface area contributed by atoms with Gasteiger partial charge in [0.05, 0.1) is 12.3 Å². The molecule has 0 spiro atoms. The molecular weight excluding hydrogens is 440 g/mol. The first-order valence-electron chi connectivity index (χ1n) is 9.32. The van der Waals surface area contributed by atoms with E-state index < -0.39 is 0 Å². The molecule has 3 heterocycles. The molecule has 30 heavy (non-hydrogen) atoms. The molecule has 154 valence electrons. The number of thioether (sulfide) groups is 1. The fraction of sp³-hybridized carbons (Fsp3) is 0.190. The van der Waals surface area contributed by atoms with Crippen LogP contribution in [0.4, 0.5) is 0 Å². The van der Waals surface area contributed by atoms with Gasteiger partial charge in [0.2, 0.25) is 5.91 Å². The molecule has 0 fully saturated rings. The summed E-state index contributed by atoms with van der Waals surface area (Å²) >= 11 is 9.03. The zero-order valence-corrected chi connectivity index (χ0v) is 18.3. The lowest BCUT2D eigenvalue weighted by molar-refractivity contribution is -0.118. The van der Waals surface area contributed by atoms with Crippen LogP contribution in [0.1, 0.15) is 10.6 Å². The molecular formula is C21H19ClN4O2S2. The predicted octanol–water partition coefficient (Wildman–Crippen LogP) is 4.90. The third-order valence-corrected chi connectivity index (χ3v) is 6.51. The van der Waals surface area contributed by atoms with E-state index in [9.17, 15) is 4.79 Å². The van der Waals surface area contributed by atoms with Crippen LogP contribution < -0.4 is 5.32 Å². The first kappa shape index (κ1) is 20.7. The number of nitrogens with one attached hydrogen (secondary N) is 1. The Bertz CT molecular complexity index is 1090. The van der Waals surface area contributed by atoms with Gasteiger partial charge in [-0.1, -0.05) is 29.4 Å². The molecule has 6 nitrogen and oxygen atoms in total. The van der Waals surface area contributed by atoms with Gasteiger partial charge in [-0.15, -0.1) is 21.5 Å². The van der Waals surface area contributed by atoms with Crippen molar-refractivity contribution in [2.45, 2.75) is 24.7 Å². The maximum atomic E-state index is 12.2. The van der Waals surface area contributed by atoms with Crippen LogP contribution in [0.25, 0.3) is 11.3 Å². The number of furan rings is 1. The van der Waals surface area contributed by atoms with E-state index in [1.807, 2.05) is 47.0 Å². The summed E-state index contributed by atoms with van der Waals surface area (Å²) in [6.07, 6.45) is 2.62. The number of nitrogens with zero attached hydrogens (tertiary/aromatic N) is 3. The first-order valence-corrected chi connectivity index (χ1v) is 11.6. The maximum absolute atomic E-state index is 12.2. The molecule has 9 heteroatoms. The maximum Gasteiger partial charge on any atom is 0.230 e. The van der Waals surface area contributed by atoms with Gasteiger partial charge in [-0.3, -0.25) is 4.79 Å². The van der Waals surface area contributed by atoms with E-state index >= 15 is 0 Å². The van der Waals surface area contributed by atoms with E-state index in [4.69, 9.17) is 16.0 Å². The second-order valence-corrected chi connectivity index (χ2v) is 8.89. The predicted molar refractivity (Wildman–Crippen MR) is 120 cm³/mol. The van der Waals surface area contributed by atoms with Gasteiger partial charge in [0.1, 0.15) is 17.8 Å². The van der Waals surface area contributed by atoms with Crippen LogP contribution >= 0.6 is 34.7 Å². The molecule has 0 radical (unpaired) electrons. The zero-order valence-electron chi connectivity index (χ0n) is 16.0. The Labute approximate surface area is 187 Å². The molecule has 1 amide bonds. The average molecular weight is 459 g/mol. The lowest BCUT2D eigenvalue weighted by Gasteiger charge is -2.06. The lowest BCUT2D eigenvalue weighted by Crippen LogP contribution is -2.24. The highest BCUT2D eigenvalue weighted by atomic mass is 35.5. The van der Waals surface area contributed by atoms with Crippen LogP contribution in [0, 0.1) is 0 Å².